The standard InChI is InChI=1S/C15H18N4O/c1-12-3-2-4-13(11-12)5-6-14-17-18-15(20-14)19-9-7-16-8-10-19/h2-6,11,16H,7-10H2,1H3/b6-5+. The fourth-order valence-corrected chi connectivity index (χ4v) is 2.22. The van der Waals surface area contributed by atoms with E-state index in [0.29, 0.717) is 11.9 Å². The van der Waals surface area contributed by atoms with Gasteiger partial charge in [-0.05, 0) is 18.6 Å². The van der Waals surface area contributed by atoms with Crippen LogP contribution in [0.1, 0.15) is 17.0 Å². The molecule has 104 valence electrons. The van der Waals surface area contributed by atoms with Crippen LogP contribution in [0.2, 0.25) is 0 Å². The number of nitrogens with zero attached hydrogens (tertiary/aromatic N) is 3. The Morgan fingerprint density at radius 1 is 1.20 bits per heavy atom. The molecule has 20 heavy (non-hydrogen) atoms. The molecule has 1 aromatic heterocycles. The largest absolute Gasteiger partial charge is 0.404 e. The molecule has 0 spiro atoms. The lowest BCUT2D eigenvalue weighted by Crippen LogP contribution is -2.43. The van der Waals surface area contributed by atoms with Crippen molar-refractivity contribution in [2.75, 3.05) is 31.1 Å². The van der Waals surface area contributed by atoms with E-state index >= 15 is 0 Å². The van der Waals surface area contributed by atoms with Crippen molar-refractivity contribution in [3.8, 4) is 0 Å². The predicted molar refractivity (Wildman–Crippen MR) is 79.5 cm³/mol. The lowest BCUT2D eigenvalue weighted by molar-refractivity contribution is 0.493. The minimum atomic E-state index is 0.542. The predicted octanol–water partition coefficient (Wildman–Crippen LogP) is 1.96. The summed E-state index contributed by atoms with van der Waals surface area (Å²) >= 11 is 0. The first-order valence-corrected chi connectivity index (χ1v) is 6.85. The van der Waals surface area contributed by atoms with Crippen LogP contribution in [0.4, 0.5) is 6.01 Å². The molecule has 2 heterocycles. The molecule has 2 aromatic rings. The number of aryl methyl sites for hydroxylation is 1. The van der Waals surface area contributed by atoms with E-state index < -0.39 is 0 Å². The topological polar surface area (TPSA) is 54.2 Å². The Labute approximate surface area is 118 Å². The molecule has 0 aliphatic carbocycles. The molecular formula is C15H18N4O. The lowest BCUT2D eigenvalue weighted by atomic mass is 10.1. The summed E-state index contributed by atoms with van der Waals surface area (Å²) in [7, 11) is 0. The number of nitrogens with one attached hydrogen (secondary N) is 1. The summed E-state index contributed by atoms with van der Waals surface area (Å²) in [5, 5.41) is 11.5. The van der Waals surface area contributed by atoms with Crippen molar-refractivity contribution in [2.45, 2.75) is 6.92 Å². The molecular weight excluding hydrogens is 252 g/mol. The normalized spacial score (nSPS) is 15.9. The summed E-state index contributed by atoms with van der Waals surface area (Å²) < 4.78 is 5.66. The van der Waals surface area contributed by atoms with Gasteiger partial charge in [-0.2, -0.15) is 0 Å². The molecule has 1 fully saturated rings. The van der Waals surface area contributed by atoms with Gasteiger partial charge in [-0.15, -0.1) is 5.10 Å². The summed E-state index contributed by atoms with van der Waals surface area (Å²) in [6, 6.07) is 8.89. The van der Waals surface area contributed by atoms with Crippen molar-refractivity contribution in [2.24, 2.45) is 0 Å². The van der Waals surface area contributed by atoms with Gasteiger partial charge in [0.25, 0.3) is 0 Å². The molecule has 5 nitrogen and oxygen atoms in total. The molecule has 5 heteroatoms. The molecule has 3 rings (SSSR count). The van der Waals surface area contributed by atoms with Gasteiger partial charge < -0.3 is 14.6 Å². The van der Waals surface area contributed by atoms with E-state index in [9.17, 15) is 0 Å². The van der Waals surface area contributed by atoms with Gasteiger partial charge in [0.15, 0.2) is 0 Å². The highest BCUT2D eigenvalue weighted by atomic mass is 16.4. The molecule has 0 unspecified atom stereocenters. The Morgan fingerprint density at radius 3 is 2.85 bits per heavy atom. The third-order valence-electron chi connectivity index (χ3n) is 3.28. The molecule has 0 amide bonds. The molecule has 1 N–H and O–H groups in total. The molecule has 0 bridgehead atoms. The molecule has 0 atom stereocenters. The Morgan fingerprint density at radius 2 is 2.05 bits per heavy atom. The summed E-state index contributed by atoms with van der Waals surface area (Å²) in [5.41, 5.74) is 2.37. The number of anilines is 1. The number of benzene rings is 1. The van der Waals surface area contributed by atoms with E-state index in [1.807, 2.05) is 18.2 Å². The van der Waals surface area contributed by atoms with Gasteiger partial charge in [0.2, 0.25) is 5.89 Å². The highest BCUT2D eigenvalue weighted by molar-refractivity contribution is 5.66. The summed E-state index contributed by atoms with van der Waals surface area (Å²) in [6.07, 6.45) is 3.84. The zero-order valence-electron chi connectivity index (χ0n) is 11.5. The molecule has 0 saturated carbocycles. The van der Waals surface area contributed by atoms with E-state index in [0.717, 1.165) is 31.7 Å². The van der Waals surface area contributed by atoms with Crippen molar-refractivity contribution in [3.05, 3.63) is 41.3 Å². The Kier molecular flexibility index (Phi) is 3.78. The van der Waals surface area contributed by atoms with Gasteiger partial charge in [0.1, 0.15) is 0 Å². The van der Waals surface area contributed by atoms with E-state index in [1.54, 1.807) is 0 Å². The van der Waals surface area contributed by atoms with Crippen molar-refractivity contribution in [1.82, 2.24) is 15.5 Å². The van der Waals surface area contributed by atoms with Crippen molar-refractivity contribution < 1.29 is 4.42 Å². The third kappa shape index (κ3) is 3.05. The zero-order chi connectivity index (χ0) is 13.8. The second kappa shape index (κ2) is 5.88. The first-order valence-electron chi connectivity index (χ1n) is 6.85. The van der Waals surface area contributed by atoms with Gasteiger partial charge in [0.05, 0.1) is 0 Å². The quantitative estimate of drug-likeness (QED) is 0.924. The fourth-order valence-electron chi connectivity index (χ4n) is 2.22. The van der Waals surface area contributed by atoms with Crippen LogP contribution < -0.4 is 10.2 Å². The highest BCUT2D eigenvalue weighted by Gasteiger charge is 2.15. The van der Waals surface area contributed by atoms with Crippen LogP contribution in [0.25, 0.3) is 12.2 Å². The number of rotatable bonds is 3. The number of hydrogen-bond acceptors (Lipinski definition) is 5. The van der Waals surface area contributed by atoms with Crippen LogP contribution in [0, 0.1) is 6.92 Å². The summed E-state index contributed by atoms with van der Waals surface area (Å²) in [6.45, 7) is 5.80. The maximum atomic E-state index is 5.66. The van der Waals surface area contributed by atoms with Crippen LogP contribution >= 0.6 is 0 Å². The van der Waals surface area contributed by atoms with E-state index in [-0.39, 0.29) is 0 Å². The van der Waals surface area contributed by atoms with E-state index in [1.165, 1.54) is 5.56 Å². The van der Waals surface area contributed by atoms with E-state index in [4.69, 9.17) is 4.42 Å². The number of hydrogen-bond donors (Lipinski definition) is 1. The second-order valence-corrected chi connectivity index (χ2v) is 4.91. The van der Waals surface area contributed by atoms with Gasteiger partial charge >= 0.3 is 6.01 Å². The highest BCUT2D eigenvalue weighted by Crippen LogP contribution is 2.15. The average Bonchev–Trinajstić information content (AvgIpc) is 2.95. The maximum Gasteiger partial charge on any atom is 0.318 e. The van der Waals surface area contributed by atoms with Crippen LogP contribution in [-0.2, 0) is 0 Å². The maximum absolute atomic E-state index is 5.66. The van der Waals surface area contributed by atoms with Gasteiger partial charge in [0, 0.05) is 32.3 Å². The molecule has 1 aliphatic rings. The fraction of sp³-hybridized carbons (Fsp3) is 0.333. The van der Waals surface area contributed by atoms with Crippen LogP contribution in [0.15, 0.2) is 28.7 Å². The third-order valence-corrected chi connectivity index (χ3v) is 3.28. The van der Waals surface area contributed by atoms with Gasteiger partial charge in [-0.3, -0.25) is 0 Å². The minimum Gasteiger partial charge on any atom is -0.404 e. The van der Waals surface area contributed by atoms with Crippen molar-refractivity contribution in [3.63, 3.8) is 0 Å². The minimum absolute atomic E-state index is 0.542. The molecule has 1 saturated heterocycles. The monoisotopic (exact) mass is 270 g/mol. The Bertz CT molecular complexity index is 599. The first kappa shape index (κ1) is 12.9. The van der Waals surface area contributed by atoms with Crippen LogP contribution in [0.5, 0.6) is 0 Å². The van der Waals surface area contributed by atoms with Crippen molar-refractivity contribution >= 4 is 18.2 Å². The van der Waals surface area contributed by atoms with Gasteiger partial charge in [-0.1, -0.05) is 34.9 Å². The smallest absolute Gasteiger partial charge is 0.318 e. The second-order valence-electron chi connectivity index (χ2n) is 4.91. The zero-order valence-corrected chi connectivity index (χ0v) is 11.5. The van der Waals surface area contributed by atoms with E-state index in [2.05, 4.69) is 45.5 Å². The SMILES string of the molecule is Cc1cccc(/C=C/c2nnc(N3CCNCC3)o2)c1. The summed E-state index contributed by atoms with van der Waals surface area (Å²) in [4.78, 5) is 2.10. The molecule has 0 radical (unpaired) electrons. The average molecular weight is 270 g/mol. The first-order chi connectivity index (χ1) is 9.81. The number of piperazine rings is 1. The number of aromatic nitrogens is 2. The lowest BCUT2D eigenvalue weighted by Gasteiger charge is -2.24. The molecule has 1 aromatic carbocycles. The van der Waals surface area contributed by atoms with Gasteiger partial charge in [-0.25, -0.2) is 0 Å². The Balaban J connectivity index is 1.70. The van der Waals surface area contributed by atoms with Crippen LogP contribution in [-0.4, -0.2) is 36.4 Å². The van der Waals surface area contributed by atoms with Crippen LogP contribution in [0.3, 0.4) is 0 Å². The Hall–Kier alpha value is -2.14. The molecule has 1 aliphatic heterocycles. The van der Waals surface area contributed by atoms with Crippen molar-refractivity contribution in [1.29, 1.82) is 0 Å². The summed E-state index contributed by atoms with van der Waals surface area (Å²) in [5.74, 6) is 0.542.